The largest absolute Gasteiger partial charge is 0.508 e. The van der Waals surface area contributed by atoms with E-state index in [2.05, 4.69) is 25.9 Å². The molecule has 3 aliphatic rings. The number of aryl methyl sites for hydroxylation is 1. The van der Waals surface area contributed by atoms with Crippen LogP contribution in [0, 0.1) is 18.8 Å². The highest BCUT2D eigenvalue weighted by Gasteiger charge is 2.67. The number of carbonyl (C=O) groups excluding carboxylic acids is 4. The van der Waals surface area contributed by atoms with E-state index in [0.29, 0.717) is 40.5 Å². The predicted molar refractivity (Wildman–Crippen MR) is 242 cm³/mol. The topological polar surface area (TPSA) is 158 Å². The molecular formula is C49H61N3O10Si. The molecule has 0 unspecified atom stereocenters. The Morgan fingerprint density at radius 3 is 2.10 bits per heavy atom. The summed E-state index contributed by atoms with van der Waals surface area (Å²) in [6.07, 6.45) is -1.12. The minimum atomic E-state index is -2.91. The Morgan fingerprint density at radius 2 is 1.52 bits per heavy atom. The van der Waals surface area contributed by atoms with Gasteiger partial charge in [-0.2, -0.15) is 4.90 Å². The minimum Gasteiger partial charge on any atom is -0.508 e. The van der Waals surface area contributed by atoms with Crippen molar-refractivity contribution in [2.75, 3.05) is 19.0 Å². The van der Waals surface area contributed by atoms with Crippen LogP contribution in [0.5, 0.6) is 5.88 Å². The van der Waals surface area contributed by atoms with E-state index in [0.717, 1.165) is 16.0 Å². The van der Waals surface area contributed by atoms with E-state index in [-0.39, 0.29) is 45.9 Å². The second kappa shape index (κ2) is 15.7. The van der Waals surface area contributed by atoms with Gasteiger partial charge in [-0.15, -0.1) is 0 Å². The number of aromatic nitrogens is 1. The van der Waals surface area contributed by atoms with E-state index >= 15 is 9.59 Å². The first-order chi connectivity index (χ1) is 29.2. The number of aliphatic hydroxyl groups is 1. The lowest BCUT2D eigenvalue weighted by atomic mass is 9.58. The Balaban J connectivity index is 1.38. The summed E-state index contributed by atoms with van der Waals surface area (Å²) in [5, 5.41) is 18.3. The average Bonchev–Trinajstić information content (AvgIpc) is 3.56. The molecule has 0 aliphatic heterocycles. The van der Waals surface area contributed by atoms with Crippen molar-refractivity contribution in [1.29, 1.82) is 0 Å². The highest BCUT2D eigenvalue weighted by molar-refractivity contribution is 6.74. The molecule has 0 fully saturated rings. The molecule has 14 heteroatoms. The number of imide groups is 1. The Kier molecular flexibility index (Phi) is 11.4. The van der Waals surface area contributed by atoms with Crippen LogP contribution in [0.1, 0.15) is 118 Å². The number of amides is 2. The highest BCUT2D eigenvalue weighted by Crippen LogP contribution is 2.59. The maximum absolute atomic E-state index is 15.6. The molecule has 4 aromatic rings. The quantitative estimate of drug-likeness (QED) is 0.175. The summed E-state index contributed by atoms with van der Waals surface area (Å²) in [7, 11) is 0.863. The van der Waals surface area contributed by atoms with E-state index in [9.17, 15) is 14.7 Å². The summed E-state index contributed by atoms with van der Waals surface area (Å²) in [4.78, 5) is 60.8. The second-order valence-electron chi connectivity index (χ2n) is 20.9. The molecule has 3 aliphatic carbocycles. The number of allylic oxidation sites excluding steroid dienone is 1. The van der Waals surface area contributed by atoms with Gasteiger partial charge in [0.05, 0.1) is 11.7 Å². The number of hydrogen-bond acceptors (Lipinski definition) is 12. The number of benzene rings is 3. The van der Waals surface area contributed by atoms with Gasteiger partial charge in [0.2, 0.25) is 5.78 Å². The van der Waals surface area contributed by atoms with Crippen LogP contribution in [0.2, 0.25) is 18.1 Å². The molecule has 2 amide bonds. The van der Waals surface area contributed by atoms with Crippen LogP contribution in [0.25, 0.3) is 10.8 Å². The van der Waals surface area contributed by atoms with E-state index in [1.54, 1.807) is 59.7 Å². The molecule has 0 spiro atoms. The Bertz CT molecular complexity index is 2510. The number of fused-ring (bicyclic) bond motifs is 5. The molecule has 0 saturated heterocycles. The Morgan fingerprint density at radius 1 is 0.905 bits per heavy atom. The fourth-order valence-corrected chi connectivity index (χ4v) is 10.5. The zero-order valence-electron chi connectivity index (χ0n) is 39.0. The molecule has 1 heterocycles. The zero-order chi connectivity index (χ0) is 46.4. The normalized spacial score (nSPS) is 21.4. The van der Waals surface area contributed by atoms with Crippen LogP contribution in [-0.2, 0) is 26.9 Å². The number of carbonyl (C=O) groups is 4. The number of rotatable bonds is 7. The van der Waals surface area contributed by atoms with Gasteiger partial charge in [0.25, 0.3) is 5.88 Å². The number of ketones is 2. The van der Waals surface area contributed by atoms with Crippen molar-refractivity contribution in [3.8, 4) is 5.88 Å². The van der Waals surface area contributed by atoms with Crippen molar-refractivity contribution in [2.24, 2.45) is 11.8 Å². The van der Waals surface area contributed by atoms with Gasteiger partial charge in [-0.1, -0.05) is 63.2 Å². The van der Waals surface area contributed by atoms with Crippen LogP contribution < -0.4 is 9.64 Å². The van der Waals surface area contributed by atoms with E-state index in [1.807, 2.05) is 75.4 Å². The van der Waals surface area contributed by atoms with Crippen LogP contribution in [-0.4, -0.2) is 78.1 Å². The molecule has 1 N–H and O–H groups in total. The first-order valence-electron chi connectivity index (χ1n) is 21.5. The van der Waals surface area contributed by atoms with E-state index in [4.69, 9.17) is 23.2 Å². The number of aliphatic hydroxyl groups excluding tert-OH is 1. The van der Waals surface area contributed by atoms with Crippen LogP contribution in [0.3, 0.4) is 0 Å². The second-order valence-corrected chi connectivity index (χ2v) is 25.6. The maximum Gasteiger partial charge on any atom is 0.424 e. The molecule has 63 heavy (non-hydrogen) atoms. The maximum atomic E-state index is 15.6. The van der Waals surface area contributed by atoms with E-state index < -0.39 is 61.0 Å². The lowest BCUT2D eigenvalue weighted by Gasteiger charge is -2.55. The summed E-state index contributed by atoms with van der Waals surface area (Å²) in [5.74, 6) is -2.17. The van der Waals surface area contributed by atoms with Crippen molar-refractivity contribution < 1.29 is 47.4 Å². The van der Waals surface area contributed by atoms with Crippen LogP contribution in [0.15, 0.2) is 70.5 Å². The van der Waals surface area contributed by atoms with Gasteiger partial charge < -0.3 is 28.3 Å². The Labute approximate surface area is 370 Å². The third-order valence-electron chi connectivity index (χ3n) is 12.8. The van der Waals surface area contributed by atoms with Gasteiger partial charge in [0.15, 0.2) is 25.5 Å². The highest BCUT2D eigenvalue weighted by atomic mass is 28.4. The monoisotopic (exact) mass is 879 g/mol. The average molecular weight is 880 g/mol. The summed E-state index contributed by atoms with van der Waals surface area (Å²) in [5.41, 5.74) is -0.558. The fraction of sp³-hybridized carbons (Fsp3) is 0.490. The molecule has 0 saturated carbocycles. The smallest absolute Gasteiger partial charge is 0.424 e. The number of anilines is 1. The molecule has 7 rings (SSSR count). The molecule has 0 radical (unpaired) electrons. The summed E-state index contributed by atoms with van der Waals surface area (Å²) >= 11 is 0. The summed E-state index contributed by atoms with van der Waals surface area (Å²) in [6, 6.07) is 15.9. The fourth-order valence-electron chi connectivity index (χ4n) is 9.04. The van der Waals surface area contributed by atoms with Gasteiger partial charge in [0, 0.05) is 17.1 Å². The molecule has 336 valence electrons. The third kappa shape index (κ3) is 8.10. The van der Waals surface area contributed by atoms with Crippen molar-refractivity contribution >= 4 is 48.5 Å². The first kappa shape index (κ1) is 45.7. The predicted octanol–water partition coefficient (Wildman–Crippen LogP) is 10.8. The standard InChI is InChI=1S/C49H61N3O10Si/c1-27-33-21-20-32(52(44(56)59-46(2,3)4)45(57)60-47(5,6)7)24-29(33)22-30-23-31-25-34-38(51(11)12)40-37(43(50-61-40)58-26-28-18-16-15-17-19-28)42(55)49(34,62-63(13,14)48(8,9)10)41(54)36(31)39(53)35(27)30/h15-22,24,31,34,38,54H,23,25-26H2,1-14H3/t31-,34-,38-,49-/m0/s1. The molecule has 0 bridgehead atoms. The van der Waals surface area contributed by atoms with Crippen LogP contribution in [0.4, 0.5) is 15.3 Å². The Hall–Kier alpha value is -5.31. The summed E-state index contributed by atoms with van der Waals surface area (Å²) < 4.78 is 30.8. The van der Waals surface area contributed by atoms with Gasteiger partial charge in [0.1, 0.15) is 29.1 Å². The number of Topliss-reactive ketones (excluding diaryl/α,β-unsaturated/α-hetero) is 2. The van der Waals surface area contributed by atoms with Gasteiger partial charge in [-0.25, -0.2) is 9.59 Å². The third-order valence-corrected chi connectivity index (χ3v) is 17.2. The van der Waals surface area contributed by atoms with Crippen molar-refractivity contribution in [2.45, 2.75) is 130 Å². The SMILES string of the molecule is Cc1c2c(cc3cc(N(C(=O)OC(C)(C)C)C(=O)OC(C)(C)C)ccc13)C[C@H]1C[C@H]3[C@H](N(C)C)c4onc(OCc5ccccc5)c4C(=O)[C@@]3(O[Si](C)(C)C(C)(C)C)C(O)=C1C2=O. The molecular weight excluding hydrogens is 819 g/mol. The summed E-state index contributed by atoms with van der Waals surface area (Å²) in [6.45, 7) is 22.5. The van der Waals surface area contributed by atoms with Gasteiger partial charge in [-0.05, 0) is 144 Å². The lowest BCUT2D eigenvalue weighted by Crippen LogP contribution is -2.65. The minimum absolute atomic E-state index is 0.00110. The molecule has 3 aromatic carbocycles. The van der Waals surface area contributed by atoms with Crippen LogP contribution >= 0.6 is 0 Å². The van der Waals surface area contributed by atoms with Crippen molar-refractivity contribution in [1.82, 2.24) is 10.1 Å². The molecule has 13 nitrogen and oxygen atoms in total. The van der Waals surface area contributed by atoms with E-state index in [1.165, 1.54) is 0 Å². The number of ether oxygens (including phenoxy) is 3. The molecule has 1 aromatic heterocycles. The first-order valence-corrected chi connectivity index (χ1v) is 24.5. The zero-order valence-corrected chi connectivity index (χ0v) is 40.0. The van der Waals surface area contributed by atoms with Gasteiger partial charge in [-0.3, -0.25) is 14.5 Å². The van der Waals surface area contributed by atoms with Gasteiger partial charge >= 0.3 is 12.2 Å². The lowest BCUT2D eigenvalue weighted by molar-refractivity contribution is -0.0480. The molecule has 4 atom stereocenters. The number of hydrogen-bond donors (Lipinski definition) is 1. The van der Waals surface area contributed by atoms with Crippen molar-refractivity contribution in [3.63, 3.8) is 0 Å². The number of nitrogens with zero attached hydrogens (tertiary/aromatic N) is 3. The van der Waals surface area contributed by atoms with Crippen molar-refractivity contribution in [3.05, 3.63) is 99.5 Å².